The Morgan fingerprint density at radius 1 is 1.53 bits per heavy atom. The van der Waals surface area contributed by atoms with Gasteiger partial charge in [-0.2, -0.15) is 0 Å². The number of rotatable bonds is 3. The highest BCUT2D eigenvalue weighted by molar-refractivity contribution is 5.60. The molecule has 0 amide bonds. The summed E-state index contributed by atoms with van der Waals surface area (Å²) in [6, 6.07) is 4.93. The Morgan fingerprint density at radius 2 is 2.33 bits per heavy atom. The van der Waals surface area contributed by atoms with Gasteiger partial charge in [0.25, 0.3) is 0 Å². The minimum Gasteiger partial charge on any atom is -0.385 e. The zero-order valence-electron chi connectivity index (χ0n) is 9.14. The van der Waals surface area contributed by atoms with Crippen molar-refractivity contribution in [1.82, 2.24) is 0 Å². The summed E-state index contributed by atoms with van der Waals surface area (Å²) < 4.78 is 18.3. The first-order valence-corrected chi connectivity index (χ1v) is 5.18. The van der Waals surface area contributed by atoms with Gasteiger partial charge < -0.3 is 10.1 Å². The lowest BCUT2D eigenvalue weighted by Gasteiger charge is -2.23. The zero-order chi connectivity index (χ0) is 10.9. The van der Waals surface area contributed by atoms with Crippen LogP contribution < -0.4 is 5.32 Å². The van der Waals surface area contributed by atoms with Crippen molar-refractivity contribution in [1.29, 1.82) is 0 Å². The molecule has 1 unspecified atom stereocenters. The van der Waals surface area contributed by atoms with E-state index in [1.54, 1.807) is 13.2 Å². The molecule has 15 heavy (non-hydrogen) atoms. The molecule has 1 aromatic carbocycles. The summed E-state index contributed by atoms with van der Waals surface area (Å²) in [6.45, 7) is 3.70. The molecule has 82 valence electrons. The van der Waals surface area contributed by atoms with E-state index >= 15 is 0 Å². The molecule has 0 bridgehead atoms. The number of hydrogen-bond donors (Lipinski definition) is 1. The molecule has 1 aliphatic rings. The monoisotopic (exact) mass is 209 g/mol. The van der Waals surface area contributed by atoms with Crippen molar-refractivity contribution in [2.45, 2.75) is 18.8 Å². The molecular weight excluding hydrogens is 193 g/mol. The fourth-order valence-electron chi connectivity index (χ4n) is 2.11. The minimum absolute atomic E-state index is 0.00650. The number of fused-ring (bicyclic) bond motifs is 1. The fraction of sp³-hybridized carbons (Fsp3) is 0.500. The van der Waals surface area contributed by atoms with Crippen LogP contribution in [-0.2, 0) is 10.2 Å². The third kappa shape index (κ3) is 1.84. The molecule has 0 saturated heterocycles. The van der Waals surface area contributed by atoms with Crippen LogP contribution in [0.25, 0.3) is 0 Å². The molecule has 0 spiro atoms. The maximum absolute atomic E-state index is 13.2. The standard InChI is InChI=1S/C12H16FNO/c1-12(5-6-15-2)8-14-11-4-3-9(13)7-10(11)12/h3-4,7,14H,5-6,8H2,1-2H3. The van der Waals surface area contributed by atoms with Crippen molar-refractivity contribution in [3.63, 3.8) is 0 Å². The van der Waals surface area contributed by atoms with Crippen molar-refractivity contribution in [2.75, 3.05) is 25.6 Å². The van der Waals surface area contributed by atoms with Gasteiger partial charge >= 0.3 is 0 Å². The van der Waals surface area contributed by atoms with Gasteiger partial charge in [-0.3, -0.25) is 0 Å². The predicted molar refractivity (Wildman–Crippen MR) is 58.7 cm³/mol. The Balaban J connectivity index is 2.29. The average molecular weight is 209 g/mol. The molecule has 1 atom stereocenters. The molecule has 1 aromatic rings. The summed E-state index contributed by atoms with van der Waals surface area (Å²) in [5, 5.41) is 3.30. The normalized spacial score (nSPS) is 23.7. The summed E-state index contributed by atoms with van der Waals surface area (Å²) in [7, 11) is 1.69. The SMILES string of the molecule is COCCC1(C)CNc2ccc(F)cc21. The first kappa shape index (κ1) is 10.4. The van der Waals surface area contributed by atoms with Gasteiger partial charge in [-0.05, 0) is 30.2 Å². The Kier molecular flexibility index (Phi) is 2.65. The van der Waals surface area contributed by atoms with E-state index in [-0.39, 0.29) is 11.2 Å². The lowest BCUT2D eigenvalue weighted by atomic mass is 9.82. The molecule has 0 aliphatic carbocycles. The summed E-state index contributed by atoms with van der Waals surface area (Å²) in [4.78, 5) is 0. The van der Waals surface area contributed by atoms with E-state index in [1.807, 2.05) is 6.07 Å². The minimum atomic E-state index is -0.166. The summed E-state index contributed by atoms with van der Waals surface area (Å²) in [5.41, 5.74) is 2.11. The summed E-state index contributed by atoms with van der Waals surface area (Å²) in [6.07, 6.45) is 0.910. The Morgan fingerprint density at radius 3 is 3.07 bits per heavy atom. The van der Waals surface area contributed by atoms with Gasteiger partial charge in [-0.15, -0.1) is 0 Å². The van der Waals surface area contributed by atoms with Gasteiger partial charge in [0.05, 0.1) is 0 Å². The quantitative estimate of drug-likeness (QED) is 0.826. The molecule has 3 heteroatoms. The van der Waals surface area contributed by atoms with Crippen molar-refractivity contribution in [3.8, 4) is 0 Å². The van der Waals surface area contributed by atoms with Gasteiger partial charge in [-0.1, -0.05) is 6.92 Å². The second-order valence-corrected chi connectivity index (χ2v) is 4.35. The number of benzene rings is 1. The molecule has 0 radical (unpaired) electrons. The predicted octanol–water partition coefficient (Wildman–Crippen LogP) is 2.55. The van der Waals surface area contributed by atoms with Crippen LogP contribution >= 0.6 is 0 Å². The molecule has 0 fully saturated rings. The van der Waals surface area contributed by atoms with Crippen LogP contribution in [0.2, 0.25) is 0 Å². The number of nitrogens with one attached hydrogen (secondary N) is 1. The van der Waals surface area contributed by atoms with Crippen LogP contribution in [0.4, 0.5) is 10.1 Å². The lowest BCUT2D eigenvalue weighted by Crippen LogP contribution is -2.26. The highest BCUT2D eigenvalue weighted by atomic mass is 19.1. The van der Waals surface area contributed by atoms with E-state index in [2.05, 4.69) is 12.2 Å². The Bertz CT molecular complexity index is 367. The third-order valence-corrected chi connectivity index (χ3v) is 3.16. The second kappa shape index (κ2) is 3.81. The molecule has 0 aromatic heterocycles. The molecule has 2 nitrogen and oxygen atoms in total. The molecule has 0 saturated carbocycles. The van der Waals surface area contributed by atoms with Gasteiger partial charge in [-0.25, -0.2) is 4.39 Å². The first-order valence-electron chi connectivity index (χ1n) is 5.18. The van der Waals surface area contributed by atoms with Gasteiger partial charge in [0, 0.05) is 31.4 Å². The molecule has 1 N–H and O–H groups in total. The van der Waals surface area contributed by atoms with Gasteiger partial charge in [0.2, 0.25) is 0 Å². The van der Waals surface area contributed by atoms with E-state index < -0.39 is 0 Å². The van der Waals surface area contributed by atoms with Gasteiger partial charge in [0.1, 0.15) is 5.82 Å². The van der Waals surface area contributed by atoms with E-state index in [0.717, 1.165) is 24.2 Å². The molecule has 2 rings (SSSR count). The van der Waals surface area contributed by atoms with Crippen molar-refractivity contribution < 1.29 is 9.13 Å². The van der Waals surface area contributed by atoms with Crippen LogP contribution in [0.15, 0.2) is 18.2 Å². The van der Waals surface area contributed by atoms with Crippen LogP contribution in [-0.4, -0.2) is 20.3 Å². The van der Waals surface area contributed by atoms with E-state index in [1.165, 1.54) is 6.07 Å². The third-order valence-electron chi connectivity index (χ3n) is 3.16. The van der Waals surface area contributed by atoms with Crippen LogP contribution in [0.1, 0.15) is 18.9 Å². The first-order chi connectivity index (χ1) is 7.15. The van der Waals surface area contributed by atoms with Crippen molar-refractivity contribution >= 4 is 5.69 Å². The van der Waals surface area contributed by atoms with E-state index in [4.69, 9.17) is 4.74 Å². The van der Waals surface area contributed by atoms with Gasteiger partial charge in [0.15, 0.2) is 0 Å². The molecule has 1 heterocycles. The maximum atomic E-state index is 13.2. The smallest absolute Gasteiger partial charge is 0.123 e. The lowest BCUT2D eigenvalue weighted by molar-refractivity contribution is 0.174. The number of anilines is 1. The zero-order valence-corrected chi connectivity index (χ0v) is 9.14. The summed E-state index contributed by atoms with van der Waals surface area (Å²) in [5.74, 6) is -0.166. The largest absolute Gasteiger partial charge is 0.385 e. The van der Waals surface area contributed by atoms with Crippen LogP contribution in [0.5, 0.6) is 0 Å². The Hall–Kier alpha value is -1.09. The molecule has 1 aliphatic heterocycles. The number of halogens is 1. The average Bonchev–Trinajstić information content (AvgIpc) is 2.55. The molecular formula is C12H16FNO. The van der Waals surface area contributed by atoms with Crippen LogP contribution in [0, 0.1) is 5.82 Å². The van der Waals surface area contributed by atoms with Crippen molar-refractivity contribution in [3.05, 3.63) is 29.6 Å². The van der Waals surface area contributed by atoms with Crippen molar-refractivity contribution in [2.24, 2.45) is 0 Å². The Labute approximate surface area is 89.4 Å². The number of methoxy groups -OCH3 is 1. The van der Waals surface area contributed by atoms with Crippen LogP contribution in [0.3, 0.4) is 0 Å². The number of ether oxygens (including phenoxy) is 1. The summed E-state index contributed by atoms with van der Waals surface area (Å²) >= 11 is 0. The fourth-order valence-corrected chi connectivity index (χ4v) is 2.11. The maximum Gasteiger partial charge on any atom is 0.123 e. The topological polar surface area (TPSA) is 21.3 Å². The highest BCUT2D eigenvalue weighted by Gasteiger charge is 2.34. The van der Waals surface area contributed by atoms with E-state index in [0.29, 0.717) is 6.61 Å². The van der Waals surface area contributed by atoms with E-state index in [9.17, 15) is 4.39 Å². The number of hydrogen-bond acceptors (Lipinski definition) is 2. The highest BCUT2D eigenvalue weighted by Crippen LogP contribution is 2.39. The second-order valence-electron chi connectivity index (χ2n) is 4.35.